The van der Waals surface area contributed by atoms with Gasteiger partial charge in [0.25, 0.3) is 0 Å². The third-order valence-electron chi connectivity index (χ3n) is 3.73. The van der Waals surface area contributed by atoms with E-state index in [2.05, 4.69) is 32.4 Å². The van der Waals surface area contributed by atoms with Crippen LogP contribution in [0.25, 0.3) is 0 Å². The molecule has 1 aliphatic heterocycles. The minimum Gasteiger partial charge on any atom is -0.371 e. The Bertz CT molecular complexity index is 540. The largest absolute Gasteiger partial charge is 0.371 e. The third-order valence-corrected chi connectivity index (χ3v) is 3.73. The smallest absolute Gasteiger partial charge is 0.0967 e. The van der Waals surface area contributed by atoms with Crippen molar-refractivity contribution in [3.05, 3.63) is 48.3 Å². The number of rotatable bonds is 4. The van der Waals surface area contributed by atoms with Crippen LogP contribution < -0.4 is 0 Å². The molecule has 106 valence electrons. The van der Waals surface area contributed by atoms with Crippen LogP contribution in [0.15, 0.2) is 37.1 Å². The molecular formula is C15H20N4O. The van der Waals surface area contributed by atoms with Gasteiger partial charge in [0.05, 0.1) is 24.7 Å². The van der Waals surface area contributed by atoms with E-state index in [0.717, 1.165) is 38.3 Å². The summed E-state index contributed by atoms with van der Waals surface area (Å²) >= 11 is 0. The maximum atomic E-state index is 5.87. The molecule has 0 aliphatic carbocycles. The second-order valence-electron chi connectivity index (χ2n) is 5.05. The zero-order chi connectivity index (χ0) is 13.8. The van der Waals surface area contributed by atoms with E-state index in [4.69, 9.17) is 4.74 Å². The molecule has 0 amide bonds. The fourth-order valence-corrected chi connectivity index (χ4v) is 2.61. The fourth-order valence-electron chi connectivity index (χ4n) is 2.61. The van der Waals surface area contributed by atoms with E-state index in [9.17, 15) is 0 Å². The molecule has 20 heavy (non-hydrogen) atoms. The molecule has 0 unspecified atom stereocenters. The summed E-state index contributed by atoms with van der Waals surface area (Å²) < 4.78 is 8.05. The highest BCUT2D eigenvalue weighted by atomic mass is 16.5. The van der Waals surface area contributed by atoms with Crippen molar-refractivity contribution < 1.29 is 4.74 Å². The van der Waals surface area contributed by atoms with E-state index in [1.165, 1.54) is 5.69 Å². The van der Waals surface area contributed by atoms with Crippen LogP contribution >= 0.6 is 0 Å². The molecule has 0 bridgehead atoms. The van der Waals surface area contributed by atoms with Gasteiger partial charge in [0, 0.05) is 50.3 Å². The number of pyridine rings is 1. The first kappa shape index (κ1) is 13.3. The van der Waals surface area contributed by atoms with E-state index in [0.29, 0.717) is 0 Å². The molecule has 3 rings (SSSR count). The Morgan fingerprint density at radius 2 is 2.30 bits per heavy atom. The number of morpholine rings is 1. The van der Waals surface area contributed by atoms with Crippen LogP contribution in [0.2, 0.25) is 0 Å². The molecule has 0 aromatic carbocycles. The van der Waals surface area contributed by atoms with Crippen LogP contribution in [0.1, 0.15) is 24.3 Å². The highest BCUT2D eigenvalue weighted by Crippen LogP contribution is 2.22. The predicted molar refractivity (Wildman–Crippen MR) is 76.1 cm³/mol. The third kappa shape index (κ3) is 2.89. The summed E-state index contributed by atoms with van der Waals surface area (Å²) in [5.41, 5.74) is 2.42. The molecule has 1 atom stereocenters. The number of ether oxygens (including phenoxy) is 1. The van der Waals surface area contributed by atoms with Crippen molar-refractivity contribution in [1.29, 1.82) is 0 Å². The number of nitrogens with zero attached hydrogens (tertiary/aromatic N) is 4. The Hall–Kier alpha value is -1.72. The van der Waals surface area contributed by atoms with Crippen LogP contribution in [0, 0.1) is 0 Å². The van der Waals surface area contributed by atoms with Gasteiger partial charge in [0.2, 0.25) is 0 Å². The molecule has 0 radical (unpaired) electrons. The molecule has 0 saturated carbocycles. The molecule has 1 saturated heterocycles. The average molecular weight is 272 g/mol. The monoisotopic (exact) mass is 272 g/mol. The second kappa shape index (κ2) is 6.15. The average Bonchev–Trinajstić information content (AvgIpc) is 2.96. The molecule has 0 spiro atoms. The lowest BCUT2D eigenvalue weighted by Crippen LogP contribution is -2.38. The van der Waals surface area contributed by atoms with Crippen molar-refractivity contribution in [3.8, 4) is 0 Å². The highest BCUT2D eigenvalue weighted by molar-refractivity contribution is 5.13. The molecule has 2 aromatic rings. The Balaban J connectivity index is 1.67. The lowest BCUT2D eigenvalue weighted by Gasteiger charge is -2.33. The van der Waals surface area contributed by atoms with Gasteiger partial charge in [-0.05, 0) is 13.0 Å². The highest BCUT2D eigenvalue weighted by Gasteiger charge is 2.22. The summed E-state index contributed by atoms with van der Waals surface area (Å²) in [5.74, 6) is 0. The first-order valence-corrected chi connectivity index (χ1v) is 7.09. The lowest BCUT2D eigenvalue weighted by atomic mass is 10.1. The first-order chi connectivity index (χ1) is 9.86. The Morgan fingerprint density at radius 3 is 3.10 bits per heavy atom. The zero-order valence-corrected chi connectivity index (χ0v) is 11.8. The minimum atomic E-state index is 0.121. The summed E-state index contributed by atoms with van der Waals surface area (Å²) in [4.78, 5) is 10.8. The number of aryl methyl sites for hydroxylation is 1. The molecule has 1 fully saturated rings. The molecule has 0 N–H and O–H groups in total. The number of aromatic nitrogens is 3. The molecule has 3 heterocycles. The number of imidazole rings is 1. The van der Waals surface area contributed by atoms with Crippen molar-refractivity contribution >= 4 is 0 Å². The van der Waals surface area contributed by atoms with E-state index in [-0.39, 0.29) is 6.10 Å². The van der Waals surface area contributed by atoms with Crippen molar-refractivity contribution in [1.82, 2.24) is 19.4 Å². The van der Waals surface area contributed by atoms with Gasteiger partial charge in [-0.15, -0.1) is 0 Å². The van der Waals surface area contributed by atoms with Gasteiger partial charge in [0.1, 0.15) is 0 Å². The van der Waals surface area contributed by atoms with Crippen LogP contribution in [0.5, 0.6) is 0 Å². The van der Waals surface area contributed by atoms with Crippen LogP contribution in [-0.2, 0) is 17.8 Å². The Morgan fingerprint density at radius 1 is 1.35 bits per heavy atom. The van der Waals surface area contributed by atoms with Gasteiger partial charge in [-0.3, -0.25) is 9.88 Å². The fraction of sp³-hybridized carbons (Fsp3) is 0.467. The van der Waals surface area contributed by atoms with Crippen LogP contribution in [0.3, 0.4) is 0 Å². The standard InChI is InChI=1S/C15H20N4O/c1-2-19-12-17-9-14(19)10-18-6-7-20-15(11-18)13-4-3-5-16-8-13/h3-5,8-9,12,15H,2,6-7,10-11H2,1H3/t15-/m0/s1. The predicted octanol–water partition coefficient (Wildman–Crippen LogP) is 1.87. The summed E-state index contributed by atoms with van der Waals surface area (Å²) in [6.45, 7) is 6.66. The van der Waals surface area contributed by atoms with Crippen LogP contribution in [0.4, 0.5) is 0 Å². The molecule has 1 aliphatic rings. The van der Waals surface area contributed by atoms with Gasteiger partial charge in [-0.1, -0.05) is 6.07 Å². The zero-order valence-electron chi connectivity index (χ0n) is 11.8. The van der Waals surface area contributed by atoms with E-state index in [1.54, 1.807) is 6.20 Å². The minimum absolute atomic E-state index is 0.121. The molecular weight excluding hydrogens is 252 g/mol. The normalized spacial score (nSPS) is 20.1. The summed E-state index contributed by atoms with van der Waals surface area (Å²) in [7, 11) is 0. The van der Waals surface area contributed by atoms with Gasteiger partial charge < -0.3 is 9.30 Å². The van der Waals surface area contributed by atoms with Crippen molar-refractivity contribution in [2.45, 2.75) is 26.1 Å². The lowest BCUT2D eigenvalue weighted by molar-refractivity contribution is -0.0337. The summed E-state index contributed by atoms with van der Waals surface area (Å²) in [6, 6.07) is 4.04. The van der Waals surface area contributed by atoms with Gasteiger partial charge >= 0.3 is 0 Å². The molecule has 2 aromatic heterocycles. The topological polar surface area (TPSA) is 43.2 Å². The quantitative estimate of drug-likeness (QED) is 0.852. The number of hydrogen-bond acceptors (Lipinski definition) is 4. The van der Waals surface area contributed by atoms with E-state index in [1.807, 2.05) is 24.8 Å². The van der Waals surface area contributed by atoms with Crippen molar-refractivity contribution in [3.63, 3.8) is 0 Å². The second-order valence-corrected chi connectivity index (χ2v) is 5.05. The van der Waals surface area contributed by atoms with Gasteiger partial charge in [-0.25, -0.2) is 4.98 Å². The SMILES string of the molecule is CCn1cncc1CN1CCO[C@H](c2cccnc2)C1. The van der Waals surface area contributed by atoms with Crippen molar-refractivity contribution in [2.75, 3.05) is 19.7 Å². The van der Waals surface area contributed by atoms with Gasteiger partial charge in [-0.2, -0.15) is 0 Å². The van der Waals surface area contributed by atoms with E-state index < -0.39 is 0 Å². The summed E-state index contributed by atoms with van der Waals surface area (Å²) in [5, 5.41) is 0. The first-order valence-electron chi connectivity index (χ1n) is 7.09. The number of hydrogen-bond donors (Lipinski definition) is 0. The Labute approximate surface area is 119 Å². The Kier molecular flexibility index (Phi) is 4.08. The van der Waals surface area contributed by atoms with Crippen molar-refractivity contribution in [2.24, 2.45) is 0 Å². The van der Waals surface area contributed by atoms with Gasteiger partial charge in [0.15, 0.2) is 0 Å². The molecule has 5 heteroatoms. The summed E-state index contributed by atoms with van der Waals surface area (Å²) in [6.07, 6.45) is 7.66. The van der Waals surface area contributed by atoms with Crippen LogP contribution in [-0.4, -0.2) is 39.1 Å². The van der Waals surface area contributed by atoms with E-state index >= 15 is 0 Å². The molecule has 5 nitrogen and oxygen atoms in total. The maximum Gasteiger partial charge on any atom is 0.0967 e. The maximum absolute atomic E-state index is 5.87.